The van der Waals surface area contributed by atoms with E-state index in [0.29, 0.717) is 12.5 Å². The molecular weight excluding hydrogens is 324 g/mol. The second-order valence-electron chi connectivity index (χ2n) is 6.23. The molecule has 3 atom stereocenters. The van der Waals surface area contributed by atoms with Crippen molar-refractivity contribution in [1.29, 1.82) is 0 Å². The van der Waals surface area contributed by atoms with Crippen LogP contribution in [0, 0.1) is 0 Å². The lowest BCUT2D eigenvalue weighted by atomic mass is 10.0. The van der Waals surface area contributed by atoms with Crippen LogP contribution in [0.4, 0.5) is 0 Å². The van der Waals surface area contributed by atoms with Crippen LogP contribution in [-0.4, -0.2) is 22.7 Å². The minimum Gasteiger partial charge on any atom is -0.383 e. The number of nitrogens with zero attached hydrogens (tertiary/aromatic N) is 1. The van der Waals surface area contributed by atoms with Gasteiger partial charge < -0.3 is 10.4 Å². The number of rotatable bonds is 6. The summed E-state index contributed by atoms with van der Waals surface area (Å²) in [5.74, 6) is 0.298. The first-order chi connectivity index (χ1) is 11.0. The van der Waals surface area contributed by atoms with Crippen molar-refractivity contribution < 1.29 is 5.11 Å². The number of thiazole rings is 1. The first-order valence-electron chi connectivity index (χ1n) is 7.82. The van der Waals surface area contributed by atoms with Crippen molar-refractivity contribution in [2.45, 2.75) is 38.3 Å². The fraction of sp³-hybridized carbons (Fsp3) is 0.389. The summed E-state index contributed by atoms with van der Waals surface area (Å²) in [6, 6.07) is 12.4. The lowest BCUT2D eigenvalue weighted by Gasteiger charge is -2.27. The third kappa shape index (κ3) is 3.63. The number of hydrogen-bond donors (Lipinski definition) is 2. The summed E-state index contributed by atoms with van der Waals surface area (Å²) in [4.78, 5) is 5.74. The molecule has 0 bridgehead atoms. The molecule has 122 valence electrons. The highest BCUT2D eigenvalue weighted by molar-refractivity contribution is 7.18. The summed E-state index contributed by atoms with van der Waals surface area (Å²) in [6.45, 7) is 6.74. The van der Waals surface area contributed by atoms with E-state index in [1.165, 1.54) is 4.70 Å². The van der Waals surface area contributed by atoms with Gasteiger partial charge in [0.1, 0.15) is 5.60 Å². The summed E-state index contributed by atoms with van der Waals surface area (Å²) in [5.41, 5.74) is 0.229. The van der Waals surface area contributed by atoms with Gasteiger partial charge in [-0.3, -0.25) is 0 Å². The number of hydrogen-bond acceptors (Lipinski definition) is 5. The van der Waals surface area contributed by atoms with Crippen LogP contribution in [0.25, 0.3) is 10.2 Å². The van der Waals surface area contributed by atoms with Crippen LogP contribution in [0.2, 0.25) is 0 Å². The van der Waals surface area contributed by atoms with Crippen LogP contribution in [0.5, 0.6) is 0 Å². The van der Waals surface area contributed by atoms with Crippen molar-refractivity contribution >= 4 is 32.9 Å². The van der Waals surface area contributed by atoms with Crippen LogP contribution in [-0.2, 0) is 5.60 Å². The number of aliphatic hydroxyl groups is 1. The Kier molecular flexibility index (Phi) is 4.82. The second kappa shape index (κ2) is 6.69. The molecule has 0 amide bonds. The molecule has 0 aliphatic carbocycles. The number of aromatic nitrogens is 1. The first-order valence-corrected chi connectivity index (χ1v) is 9.52. The Morgan fingerprint density at radius 1 is 1.22 bits per heavy atom. The Morgan fingerprint density at radius 2 is 2.00 bits per heavy atom. The Bertz CT molecular complexity index is 731. The molecular formula is C18H22N2OS2. The van der Waals surface area contributed by atoms with Crippen molar-refractivity contribution in [2.24, 2.45) is 0 Å². The fourth-order valence-corrected chi connectivity index (χ4v) is 4.42. The van der Waals surface area contributed by atoms with Gasteiger partial charge in [-0.15, -0.1) is 22.7 Å². The molecule has 2 N–H and O–H groups in total. The van der Waals surface area contributed by atoms with E-state index in [9.17, 15) is 5.11 Å². The van der Waals surface area contributed by atoms with Crippen LogP contribution >= 0.6 is 22.7 Å². The molecule has 0 fully saturated rings. The highest BCUT2D eigenvalue weighted by Gasteiger charge is 2.26. The van der Waals surface area contributed by atoms with Crippen molar-refractivity contribution in [3.8, 4) is 0 Å². The van der Waals surface area contributed by atoms with Gasteiger partial charge in [-0.1, -0.05) is 25.1 Å². The Balaban J connectivity index is 1.66. The number of para-hydroxylation sites is 1. The van der Waals surface area contributed by atoms with Gasteiger partial charge in [-0.2, -0.15) is 0 Å². The van der Waals surface area contributed by atoms with E-state index in [1.54, 1.807) is 22.7 Å². The fourth-order valence-electron chi connectivity index (χ4n) is 2.51. The van der Waals surface area contributed by atoms with Crippen LogP contribution < -0.4 is 5.32 Å². The molecule has 0 aliphatic heterocycles. The topological polar surface area (TPSA) is 45.1 Å². The Morgan fingerprint density at radius 3 is 2.70 bits per heavy atom. The minimum absolute atomic E-state index is 0.238. The Labute approximate surface area is 145 Å². The maximum absolute atomic E-state index is 10.6. The van der Waals surface area contributed by atoms with E-state index in [1.807, 2.05) is 30.5 Å². The molecule has 23 heavy (non-hydrogen) atoms. The smallest absolute Gasteiger partial charge is 0.108 e. The van der Waals surface area contributed by atoms with E-state index in [-0.39, 0.29) is 6.04 Å². The second-order valence-corrected chi connectivity index (χ2v) is 8.24. The zero-order valence-corrected chi connectivity index (χ0v) is 15.2. The molecule has 3 rings (SSSR count). The first kappa shape index (κ1) is 16.6. The predicted octanol–water partition coefficient (Wildman–Crippen LogP) is 4.35. The average Bonchev–Trinajstić information content (AvgIpc) is 3.20. The number of nitrogens with one attached hydrogen (secondary N) is 1. The monoisotopic (exact) mass is 346 g/mol. The van der Waals surface area contributed by atoms with Gasteiger partial charge in [0.15, 0.2) is 0 Å². The van der Waals surface area contributed by atoms with E-state index < -0.39 is 5.60 Å². The highest BCUT2D eigenvalue weighted by Crippen LogP contribution is 2.30. The molecule has 0 radical (unpaired) electrons. The third-order valence-corrected chi connectivity index (χ3v) is 6.63. The van der Waals surface area contributed by atoms with Crippen LogP contribution in [0.3, 0.4) is 0 Å². The van der Waals surface area contributed by atoms with Gasteiger partial charge in [-0.25, -0.2) is 4.98 Å². The molecule has 1 aromatic carbocycles. The zero-order valence-electron chi connectivity index (χ0n) is 13.6. The van der Waals surface area contributed by atoms with Gasteiger partial charge in [0, 0.05) is 23.4 Å². The van der Waals surface area contributed by atoms with Crippen molar-refractivity contribution in [2.75, 3.05) is 6.54 Å². The summed E-state index contributed by atoms with van der Waals surface area (Å²) in [5, 5.41) is 17.2. The van der Waals surface area contributed by atoms with E-state index in [0.717, 1.165) is 15.4 Å². The summed E-state index contributed by atoms with van der Waals surface area (Å²) >= 11 is 3.34. The molecule has 0 spiro atoms. The van der Waals surface area contributed by atoms with E-state index in [4.69, 9.17) is 4.98 Å². The third-order valence-electron chi connectivity index (χ3n) is 4.27. The molecule has 0 saturated heterocycles. The molecule has 5 heteroatoms. The van der Waals surface area contributed by atoms with Gasteiger partial charge in [0.2, 0.25) is 0 Å². The van der Waals surface area contributed by atoms with Crippen molar-refractivity contribution in [1.82, 2.24) is 10.3 Å². The number of benzene rings is 1. The molecule has 2 aromatic heterocycles. The SMILES string of the molecule is CC(NCC(C)(O)c1cccs1)C(C)c1nc2ccccc2s1. The lowest BCUT2D eigenvalue weighted by molar-refractivity contribution is 0.0573. The van der Waals surface area contributed by atoms with Gasteiger partial charge in [0.25, 0.3) is 0 Å². The normalized spacial score (nSPS) is 17.0. The molecule has 0 aliphatic rings. The molecule has 3 unspecified atom stereocenters. The summed E-state index contributed by atoms with van der Waals surface area (Å²) in [6.07, 6.45) is 0. The molecule has 3 nitrogen and oxygen atoms in total. The summed E-state index contributed by atoms with van der Waals surface area (Å²) in [7, 11) is 0. The largest absolute Gasteiger partial charge is 0.383 e. The van der Waals surface area contributed by atoms with Crippen LogP contribution in [0.15, 0.2) is 41.8 Å². The predicted molar refractivity (Wildman–Crippen MR) is 99.4 cm³/mol. The number of fused-ring (bicyclic) bond motifs is 1. The molecule has 0 saturated carbocycles. The van der Waals surface area contributed by atoms with E-state index >= 15 is 0 Å². The van der Waals surface area contributed by atoms with E-state index in [2.05, 4.69) is 37.4 Å². The van der Waals surface area contributed by atoms with Crippen molar-refractivity contribution in [3.05, 3.63) is 51.7 Å². The number of thiophene rings is 1. The maximum atomic E-state index is 10.6. The summed E-state index contributed by atoms with van der Waals surface area (Å²) < 4.78 is 1.23. The molecule has 2 heterocycles. The molecule has 3 aromatic rings. The minimum atomic E-state index is -0.838. The highest BCUT2D eigenvalue weighted by atomic mass is 32.1. The Hall–Kier alpha value is -1.27. The van der Waals surface area contributed by atoms with Gasteiger partial charge >= 0.3 is 0 Å². The van der Waals surface area contributed by atoms with Gasteiger partial charge in [-0.05, 0) is 37.4 Å². The zero-order chi connectivity index (χ0) is 16.4. The maximum Gasteiger partial charge on any atom is 0.108 e. The van der Waals surface area contributed by atoms with Crippen LogP contribution in [0.1, 0.15) is 36.6 Å². The average molecular weight is 347 g/mol. The van der Waals surface area contributed by atoms with Gasteiger partial charge in [0.05, 0.1) is 15.2 Å². The lowest BCUT2D eigenvalue weighted by Crippen LogP contribution is -2.41. The standard InChI is InChI=1S/C18H22N2OS2/c1-12(17-20-14-7-4-5-8-15(14)23-17)13(2)19-11-18(3,21)16-9-6-10-22-16/h4-10,12-13,19,21H,11H2,1-3H3. The van der Waals surface area contributed by atoms with Crippen molar-refractivity contribution in [3.63, 3.8) is 0 Å². The quantitative estimate of drug-likeness (QED) is 0.697.